The fourth-order valence-corrected chi connectivity index (χ4v) is 2.21. The summed E-state index contributed by atoms with van der Waals surface area (Å²) in [5.74, 6) is 0. The fraction of sp³-hybridized carbons (Fsp3) is 0. The van der Waals surface area contributed by atoms with Crippen molar-refractivity contribution < 1.29 is 4.79 Å². The molecule has 0 aliphatic carbocycles. The van der Waals surface area contributed by atoms with Crippen LogP contribution in [0.4, 0.5) is 0 Å². The van der Waals surface area contributed by atoms with E-state index in [1.807, 2.05) is 34.9 Å². The second-order valence-corrected chi connectivity index (χ2v) is 4.35. The molecule has 0 N–H and O–H groups in total. The SMILES string of the molecule is O=Cc1cc(Cl)ccc1-c1cccc2nccn12. The van der Waals surface area contributed by atoms with Crippen molar-refractivity contribution in [1.29, 1.82) is 0 Å². The Hall–Kier alpha value is -2.13. The van der Waals surface area contributed by atoms with E-state index in [4.69, 9.17) is 11.6 Å². The third-order valence-electron chi connectivity index (χ3n) is 2.84. The number of carbonyl (C=O) groups excluding carboxylic acids is 1. The van der Waals surface area contributed by atoms with Crippen LogP contribution in [0.5, 0.6) is 0 Å². The van der Waals surface area contributed by atoms with Gasteiger partial charge in [-0.1, -0.05) is 23.7 Å². The van der Waals surface area contributed by atoms with Crippen molar-refractivity contribution in [2.75, 3.05) is 0 Å². The Labute approximate surface area is 109 Å². The van der Waals surface area contributed by atoms with Gasteiger partial charge in [0.15, 0.2) is 6.29 Å². The van der Waals surface area contributed by atoms with Gasteiger partial charge in [0, 0.05) is 28.5 Å². The van der Waals surface area contributed by atoms with Gasteiger partial charge in [0.25, 0.3) is 0 Å². The van der Waals surface area contributed by atoms with E-state index >= 15 is 0 Å². The van der Waals surface area contributed by atoms with E-state index in [2.05, 4.69) is 4.98 Å². The van der Waals surface area contributed by atoms with Crippen LogP contribution in [-0.4, -0.2) is 15.7 Å². The number of pyridine rings is 1. The molecule has 88 valence electrons. The van der Waals surface area contributed by atoms with Crippen LogP contribution in [0.1, 0.15) is 10.4 Å². The lowest BCUT2D eigenvalue weighted by molar-refractivity contribution is 0.112. The van der Waals surface area contributed by atoms with E-state index in [0.29, 0.717) is 10.6 Å². The zero-order valence-corrected chi connectivity index (χ0v) is 10.1. The molecule has 3 nitrogen and oxygen atoms in total. The van der Waals surface area contributed by atoms with Crippen LogP contribution in [0.25, 0.3) is 16.9 Å². The number of aldehydes is 1. The van der Waals surface area contributed by atoms with E-state index in [1.165, 1.54) is 0 Å². The molecular formula is C14H9ClN2O. The highest BCUT2D eigenvalue weighted by atomic mass is 35.5. The summed E-state index contributed by atoms with van der Waals surface area (Å²) in [5, 5.41) is 0.554. The molecule has 0 aliphatic rings. The first kappa shape index (κ1) is 11.0. The van der Waals surface area contributed by atoms with E-state index in [0.717, 1.165) is 23.2 Å². The van der Waals surface area contributed by atoms with Crippen molar-refractivity contribution in [2.45, 2.75) is 0 Å². The Kier molecular flexibility index (Phi) is 2.61. The van der Waals surface area contributed by atoms with E-state index in [-0.39, 0.29) is 0 Å². The maximum absolute atomic E-state index is 11.1. The van der Waals surface area contributed by atoms with Crippen LogP contribution in [-0.2, 0) is 0 Å². The minimum absolute atomic E-state index is 0.554. The molecular weight excluding hydrogens is 248 g/mol. The first-order valence-electron chi connectivity index (χ1n) is 5.47. The Bertz CT molecular complexity index is 733. The summed E-state index contributed by atoms with van der Waals surface area (Å²) in [6.45, 7) is 0. The molecule has 0 spiro atoms. The van der Waals surface area contributed by atoms with Gasteiger partial charge in [-0.25, -0.2) is 4.98 Å². The van der Waals surface area contributed by atoms with Gasteiger partial charge in [0.05, 0.1) is 5.69 Å². The summed E-state index contributed by atoms with van der Waals surface area (Å²) >= 11 is 5.90. The van der Waals surface area contributed by atoms with E-state index in [1.54, 1.807) is 18.3 Å². The monoisotopic (exact) mass is 256 g/mol. The minimum Gasteiger partial charge on any atom is -0.300 e. The standard InChI is InChI=1S/C14H9ClN2O/c15-11-4-5-12(10(8-11)9-18)13-2-1-3-14-16-6-7-17(13)14/h1-9H. The third kappa shape index (κ3) is 1.69. The topological polar surface area (TPSA) is 34.4 Å². The van der Waals surface area contributed by atoms with Crippen molar-refractivity contribution in [3.8, 4) is 11.3 Å². The van der Waals surface area contributed by atoms with Crippen molar-refractivity contribution in [3.63, 3.8) is 0 Å². The van der Waals surface area contributed by atoms with Gasteiger partial charge in [0.2, 0.25) is 0 Å². The number of rotatable bonds is 2. The Morgan fingerprint density at radius 3 is 2.94 bits per heavy atom. The molecule has 0 radical (unpaired) electrons. The molecule has 2 heterocycles. The number of fused-ring (bicyclic) bond motifs is 1. The highest BCUT2D eigenvalue weighted by Gasteiger charge is 2.08. The molecule has 3 rings (SSSR count). The predicted molar refractivity (Wildman–Crippen MR) is 71.0 cm³/mol. The smallest absolute Gasteiger partial charge is 0.150 e. The number of aromatic nitrogens is 2. The largest absolute Gasteiger partial charge is 0.300 e. The number of hydrogen-bond acceptors (Lipinski definition) is 2. The number of benzene rings is 1. The Morgan fingerprint density at radius 1 is 1.22 bits per heavy atom. The second kappa shape index (κ2) is 4.27. The van der Waals surface area contributed by atoms with E-state index < -0.39 is 0 Å². The van der Waals surface area contributed by atoms with Crippen molar-refractivity contribution in [3.05, 3.63) is 59.4 Å². The van der Waals surface area contributed by atoms with Gasteiger partial charge in [-0.15, -0.1) is 0 Å². The molecule has 0 saturated heterocycles. The normalized spacial score (nSPS) is 10.7. The van der Waals surface area contributed by atoms with Gasteiger partial charge in [-0.3, -0.25) is 9.20 Å². The maximum Gasteiger partial charge on any atom is 0.150 e. The molecule has 3 aromatic rings. The number of nitrogens with zero attached hydrogens (tertiary/aromatic N) is 2. The number of hydrogen-bond donors (Lipinski definition) is 0. The van der Waals surface area contributed by atoms with Crippen molar-refractivity contribution in [1.82, 2.24) is 9.38 Å². The summed E-state index contributed by atoms with van der Waals surface area (Å²) in [6.07, 6.45) is 4.42. The lowest BCUT2D eigenvalue weighted by Crippen LogP contribution is -1.94. The molecule has 0 bridgehead atoms. The lowest BCUT2D eigenvalue weighted by atomic mass is 10.0. The van der Waals surface area contributed by atoms with Crippen molar-refractivity contribution in [2.24, 2.45) is 0 Å². The van der Waals surface area contributed by atoms with Crippen LogP contribution in [0, 0.1) is 0 Å². The molecule has 0 amide bonds. The third-order valence-corrected chi connectivity index (χ3v) is 3.08. The number of imidazole rings is 1. The first-order chi connectivity index (χ1) is 8.79. The molecule has 0 saturated carbocycles. The molecule has 2 aromatic heterocycles. The summed E-state index contributed by atoms with van der Waals surface area (Å²) in [5.41, 5.74) is 3.18. The molecule has 0 fully saturated rings. The fourth-order valence-electron chi connectivity index (χ4n) is 2.03. The summed E-state index contributed by atoms with van der Waals surface area (Å²) in [6, 6.07) is 11.1. The second-order valence-electron chi connectivity index (χ2n) is 3.92. The highest BCUT2D eigenvalue weighted by Crippen LogP contribution is 2.26. The maximum atomic E-state index is 11.1. The molecule has 0 aliphatic heterocycles. The quantitative estimate of drug-likeness (QED) is 0.658. The molecule has 18 heavy (non-hydrogen) atoms. The number of carbonyl (C=O) groups is 1. The zero-order chi connectivity index (χ0) is 12.5. The average Bonchev–Trinajstić information content (AvgIpc) is 2.86. The Balaban J connectivity index is 2.32. The molecule has 4 heteroatoms. The van der Waals surface area contributed by atoms with Gasteiger partial charge < -0.3 is 0 Å². The lowest BCUT2D eigenvalue weighted by Gasteiger charge is -2.08. The van der Waals surface area contributed by atoms with Crippen LogP contribution in [0.2, 0.25) is 5.02 Å². The van der Waals surface area contributed by atoms with Crippen LogP contribution >= 0.6 is 11.6 Å². The van der Waals surface area contributed by atoms with Crippen LogP contribution in [0.15, 0.2) is 48.8 Å². The van der Waals surface area contributed by atoms with Gasteiger partial charge in [-0.05, 0) is 24.3 Å². The molecule has 0 atom stereocenters. The number of halogens is 1. The van der Waals surface area contributed by atoms with Gasteiger partial charge in [0.1, 0.15) is 5.65 Å². The van der Waals surface area contributed by atoms with Crippen molar-refractivity contribution >= 4 is 23.5 Å². The molecule has 0 unspecified atom stereocenters. The first-order valence-corrected chi connectivity index (χ1v) is 5.84. The molecule has 1 aromatic carbocycles. The Morgan fingerprint density at radius 2 is 2.11 bits per heavy atom. The summed E-state index contributed by atoms with van der Waals surface area (Å²) in [7, 11) is 0. The zero-order valence-electron chi connectivity index (χ0n) is 9.38. The highest BCUT2D eigenvalue weighted by molar-refractivity contribution is 6.31. The predicted octanol–water partition coefficient (Wildman–Crippen LogP) is 3.47. The van der Waals surface area contributed by atoms with Gasteiger partial charge in [-0.2, -0.15) is 0 Å². The van der Waals surface area contributed by atoms with E-state index in [9.17, 15) is 4.79 Å². The minimum atomic E-state index is 0.554. The van der Waals surface area contributed by atoms with Gasteiger partial charge >= 0.3 is 0 Å². The van der Waals surface area contributed by atoms with Crippen LogP contribution < -0.4 is 0 Å². The summed E-state index contributed by atoms with van der Waals surface area (Å²) < 4.78 is 1.94. The summed E-state index contributed by atoms with van der Waals surface area (Å²) in [4.78, 5) is 15.4. The van der Waals surface area contributed by atoms with Crippen LogP contribution in [0.3, 0.4) is 0 Å². The average molecular weight is 257 g/mol.